The maximum Gasteiger partial charge on any atom is 0.222 e. The Kier molecular flexibility index (Phi) is 3.52. The number of rotatable bonds is 4. The zero-order chi connectivity index (χ0) is 12.3. The lowest BCUT2D eigenvalue weighted by Gasteiger charge is -2.18. The largest absolute Gasteiger partial charge is 0.497 e. The summed E-state index contributed by atoms with van der Waals surface area (Å²) in [6, 6.07) is 5.68. The summed E-state index contributed by atoms with van der Waals surface area (Å²) in [6.07, 6.45) is 1.62. The first-order valence-corrected chi connectivity index (χ1v) is 5.73. The Hall–Kier alpha value is -1.71. The molecule has 1 fully saturated rings. The summed E-state index contributed by atoms with van der Waals surface area (Å²) in [5.41, 5.74) is 1.02. The van der Waals surface area contributed by atoms with Crippen molar-refractivity contribution in [3.8, 4) is 11.5 Å². The summed E-state index contributed by atoms with van der Waals surface area (Å²) >= 11 is 0. The lowest BCUT2D eigenvalue weighted by Crippen LogP contribution is -2.24. The van der Waals surface area contributed by atoms with Gasteiger partial charge in [-0.15, -0.1) is 0 Å². The van der Waals surface area contributed by atoms with E-state index in [1.54, 1.807) is 14.2 Å². The van der Waals surface area contributed by atoms with Gasteiger partial charge in [0.1, 0.15) is 11.5 Å². The SMILES string of the molecule is COc1ccc(CN2CCCC2=O)c(OC)c1. The fourth-order valence-electron chi connectivity index (χ4n) is 2.06. The summed E-state index contributed by atoms with van der Waals surface area (Å²) < 4.78 is 10.5. The summed E-state index contributed by atoms with van der Waals surface area (Å²) in [5.74, 6) is 1.75. The molecule has 0 aliphatic carbocycles. The molecule has 0 N–H and O–H groups in total. The van der Waals surface area contributed by atoms with Gasteiger partial charge in [0, 0.05) is 31.1 Å². The topological polar surface area (TPSA) is 38.8 Å². The maximum absolute atomic E-state index is 11.6. The predicted molar refractivity (Wildman–Crippen MR) is 64.2 cm³/mol. The van der Waals surface area contributed by atoms with E-state index in [-0.39, 0.29) is 5.91 Å². The third kappa shape index (κ3) is 2.52. The number of benzene rings is 1. The fourth-order valence-corrected chi connectivity index (χ4v) is 2.06. The molecule has 92 valence electrons. The average Bonchev–Trinajstić information content (AvgIpc) is 2.75. The standard InChI is InChI=1S/C13H17NO3/c1-16-11-6-5-10(12(8-11)17-2)9-14-7-3-4-13(14)15/h5-6,8H,3-4,7,9H2,1-2H3. The second-order valence-corrected chi connectivity index (χ2v) is 4.10. The Morgan fingerprint density at radius 1 is 1.29 bits per heavy atom. The van der Waals surface area contributed by atoms with Gasteiger partial charge in [-0.1, -0.05) is 0 Å². The number of nitrogens with zero attached hydrogens (tertiary/aromatic N) is 1. The van der Waals surface area contributed by atoms with Gasteiger partial charge in [-0.2, -0.15) is 0 Å². The van der Waals surface area contributed by atoms with Crippen LogP contribution in [0.25, 0.3) is 0 Å². The van der Waals surface area contributed by atoms with Gasteiger partial charge in [0.25, 0.3) is 0 Å². The third-order valence-corrected chi connectivity index (χ3v) is 3.03. The van der Waals surface area contributed by atoms with Crippen molar-refractivity contribution in [1.29, 1.82) is 0 Å². The van der Waals surface area contributed by atoms with E-state index in [4.69, 9.17) is 9.47 Å². The monoisotopic (exact) mass is 235 g/mol. The highest BCUT2D eigenvalue weighted by atomic mass is 16.5. The minimum atomic E-state index is 0.225. The number of carbonyl (C=O) groups is 1. The molecule has 0 spiro atoms. The van der Waals surface area contributed by atoms with Crippen LogP contribution in [0, 0.1) is 0 Å². The second-order valence-electron chi connectivity index (χ2n) is 4.10. The van der Waals surface area contributed by atoms with E-state index in [0.717, 1.165) is 30.0 Å². The molecule has 4 heteroatoms. The number of methoxy groups -OCH3 is 2. The Morgan fingerprint density at radius 3 is 2.71 bits per heavy atom. The first-order valence-electron chi connectivity index (χ1n) is 5.73. The lowest BCUT2D eigenvalue weighted by atomic mass is 10.2. The molecule has 4 nitrogen and oxygen atoms in total. The van der Waals surface area contributed by atoms with Gasteiger partial charge in [-0.05, 0) is 18.6 Å². The lowest BCUT2D eigenvalue weighted by molar-refractivity contribution is -0.128. The van der Waals surface area contributed by atoms with Gasteiger partial charge in [-0.3, -0.25) is 4.79 Å². The molecule has 1 amide bonds. The van der Waals surface area contributed by atoms with Crippen molar-refractivity contribution < 1.29 is 14.3 Å². The minimum absolute atomic E-state index is 0.225. The third-order valence-electron chi connectivity index (χ3n) is 3.03. The molecule has 0 bridgehead atoms. The van der Waals surface area contributed by atoms with E-state index >= 15 is 0 Å². The van der Waals surface area contributed by atoms with E-state index in [1.165, 1.54) is 0 Å². The number of hydrogen-bond acceptors (Lipinski definition) is 3. The molecule has 1 aromatic carbocycles. The van der Waals surface area contributed by atoms with Crippen molar-refractivity contribution in [2.75, 3.05) is 20.8 Å². The first-order chi connectivity index (χ1) is 8.24. The zero-order valence-electron chi connectivity index (χ0n) is 10.2. The van der Waals surface area contributed by atoms with Gasteiger partial charge >= 0.3 is 0 Å². The Balaban J connectivity index is 2.17. The number of likely N-dealkylation sites (tertiary alicyclic amines) is 1. The quantitative estimate of drug-likeness (QED) is 0.799. The van der Waals surface area contributed by atoms with E-state index in [1.807, 2.05) is 23.1 Å². The van der Waals surface area contributed by atoms with Gasteiger partial charge in [0.05, 0.1) is 14.2 Å². The summed E-state index contributed by atoms with van der Waals surface area (Å²) in [4.78, 5) is 13.4. The maximum atomic E-state index is 11.6. The number of ether oxygens (including phenoxy) is 2. The molecule has 1 aliphatic heterocycles. The highest BCUT2D eigenvalue weighted by Crippen LogP contribution is 2.26. The predicted octanol–water partition coefficient (Wildman–Crippen LogP) is 1.83. The highest BCUT2D eigenvalue weighted by molar-refractivity contribution is 5.78. The molecule has 2 rings (SSSR count). The molecule has 0 radical (unpaired) electrons. The van der Waals surface area contributed by atoms with Crippen molar-refractivity contribution in [3.63, 3.8) is 0 Å². The van der Waals surface area contributed by atoms with Crippen LogP contribution in [-0.2, 0) is 11.3 Å². The van der Waals surface area contributed by atoms with Crippen LogP contribution in [0.3, 0.4) is 0 Å². The molecule has 0 unspecified atom stereocenters. The molecule has 1 heterocycles. The fraction of sp³-hybridized carbons (Fsp3) is 0.462. The molecular weight excluding hydrogens is 218 g/mol. The van der Waals surface area contributed by atoms with Crippen molar-refractivity contribution in [3.05, 3.63) is 23.8 Å². The Labute approximate surface area is 101 Å². The number of hydrogen-bond donors (Lipinski definition) is 0. The highest BCUT2D eigenvalue weighted by Gasteiger charge is 2.21. The van der Waals surface area contributed by atoms with Gasteiger partial charge in [0.2, 0.25) is 5.91 Å². The van der Waals surface area contributed by atoms with E-state index < -0.39 is 0 Å². The second kappa shape index (κ2) is 5.08. The molecule has 17 heavy (non-hydrogen) atoms. The van der Waals surface area contributed by atoms with Gasteiger partial charge in [0.15, 0.2) is 0 Å². The van der Waals surface area contributed by atoms with Crippen molar-refractivity contribution >= 4 is 5.91 Å². The summed E-state index contributed by atoms with van der Waals surface area (Å²) in [7, 11) is 3.25. The summed E-state index contributed by atoms with van der Waals surface area (Å²) in [5, 5.41) is 0. The van der Waals surface area contributed by atoms with E-state index in [0.29, 0.717) is 13.0 Å². The van der Waals surface area contributed by atoms with Crippen molar-refractivity contribution in [2.24, 2.45) is 0 Å². The first kappa shape index (κ1) is 11.8. The van der Waals surface area contributed by atoms with Gasteiger partial charge in [-0.25, -0.2) is 0 Å². The molecule has 1 aromatic rings. The van der Waals surface area contributed by atoms with Crippen molar-refractivity contribution in [1.82, 2.24) is 4.90 Å². The molecule has 0 aromatic heterocycles. The van der Waals surface area contributed by atoms with Crippen LogP contribution in [-0.4, -0.2) is 31.6 Å². The number of carbonyl (C=O) groups excluding carboxylic acids is 1. The molecule has 1 aliphatic rings. The average molecular weight is 235 g/mol. The zero-order valence-corrected chi connectivity index (χ0v) is 10.2. The van der Waals surface area contributed by atoms with Crippen LogP contribution in [0.4, 0.5) is 0 Å². The van der Waals surface area contributed by atoms with Crippen LogP contribution >= 0.6 is 0 Å². The van der Waals surface area contributed by atoms with E-state index in [2.05, 4.69) is 0 Å². The van der Waals surface area contributed by atoms with Crippen LogP contribution in [0.1, 0.15) is 18.4 Å². The van der Waals surface area contributed by atoms with Crippen LogP contribution in [0.2, 0.25) is 0 Å². The molecule has 0 atom stereocenters. The van der Waals surface area contributed by atoms with Gasteiger partial charge < -0.3 is 14.4 Å². The minimum Gasteiger partial charge on any atom is -0.497 e. The van der Waals surface area contributed by atoms with Crippen LogP contribution in [0.15, 0.2) is 18.2 Å². The van der Waals surface area contributed by atoms with Crippen LogP contribution < -0.4 is 9.47 Å². The molecular formula is C13H17NO3. The Morgan fingerprint density at radius 2 is 2.12 bits per heavy atom. The Bertz CT molecular complexity index is 417. The molecule has 1 saturated heterocycles. The molecule has 0 saturated carbocycles. The normalized spacial score (nSPS) is 15.2. The number of amides is 1. The van der Waals surface area contributed by atoms with Crippen LogP contribution in [0.5, 0.6) is 11.5 Å². The smallest absolute Gasteiger partial charge is 0.222 e. The van der Waals surface area contributed by atoms with E-state index in [9.17, 15) is 4.79 Å². The summed E-state index contributed by atoms with van der Waals surface area (Å²) in [6.45, 7) is 1.46. The van der Waals surface area contributed by atoms with Crippen molar-refractivity contribution in [2.45, 2.75) is 19.4 Å².